The third kappa shape index (κ3) is 8.83. The average molecular weight is 619 g/mol. The third-order valence-corrected chi connectivity index (χ3v) is 9.89. The molecule has 1 fully saturated rings. The first-order valence-electron chi connectivity index (χ1n) is 15.0. The fourth-order valence-electron chi connectivity index (χ4n) is 5.82. The molecule has 1 saturated carbocycles. The predicted octanol–water partition coefficient (Wildman–Crippen LogP) is 7.20. The molecular weight excluding hydrogens is 573 g/mol. The van der Waals surface area contributed by atoms with Crippen LogP contribution in [-0.4, -0.2) is 67.0 Å². The minimum absolute atomic E-state index is 0.0585. The first-order valence-corrected chi connectivity index (χ1v) is 18.7. The van der Waals surface area contributed by atoms with Crippen molar-refractivity contribution in [3.05, 3.63) is 59.9 Å². The van der Waals surface area contributed by atoms with E-state index in [4.69, 9.17) is 9.47 Å². The molecule has 2 heterocycles. The fourth-order valence-corrected chi connectivity index (χ4v) is 6.58. The Morgan fingerprint density at radius 3 is 2.51 bits per heavy atom. The SMILES string of the molecule is COc1ccc(C(C)(C)N[C@@H]2CCC[C@H](N(CC(F)(F)F)C(=O)c3cc4ncccc4n3COCC[Si](C)(C)C)C2)cc1. The number of nitrogens with zero attached hydrogens (tertiary/aromatic N) is 3. The van der Waals surface area contributed by atoms with Crippen LogP contribution in [0.1, 0.15) is 55.6 Å². The van der Waals surface area contributed by atoms with E-state index in [-0.39, 0.29) is 18.5 Å². The number of ether oxygens (including phenoxy) is 2. The molecule has 2 aromatic heterocycles. The minimum Gasteiger partial charge on any atom is -0.497 e. The highest BCUT2D eigenvalue weighted by Crippen LogP contribution is 2.32. The molecule has 3 aromatic rings. The van der Waals surface area contributed by atoms with Crippen LogP contribution >= 0.6 is 0 Å². The number of carbonyl (C=O) groups is 1. The maximum Gasteiger partial charge on any atom is 0.406 e. The number of nitrogens with one attached hydrogen (secondary N) is 1. The molecule has 0 spiro atoms. The van der Waals surface area contributed by atoms with Gasteiger partial charge in [0.2, 0.25) is 0 Å². The number of aromatic nitrogens is 2. The van der Waals surface area contributed by atoms with Gasteiger partial charge in [0.1, 0.15) is 24.7 Å². The predicted molar refractivity (Wildman–Crippen MR) is 166 cm³/mol. The summed E-state index contributed by atoms with van der Waals surface area (Å²) in [5, 5.41) is 3.66. The molecule has 236 valence electrons. The zero-order valence-electron chi connectivity index (χ0n) is 26.1. The number of halogens is 3. The van der Waals surface area contributed by atoms with Gasteiger partial charge in [-0.25, -0.2) is 0 Å². The van der Waals surface area contributed by atoms with E-state index >= 15 is 0 Å². The van der Waals surface area contributed by atoms with Crippen LogP contribution in [0.25, 0.3) is 11.0 Å². The Balaban J connectivity index is 1.57. The van der Waals surface area contributed by atoms with E-state index in [1.165, 1.54) is 0 Å². The Kier molecular flexibility index (Phi) is 10.3. The largest absolute Gasteiger partial charge is 0.497 e. The summed E-state index contributed by atoms with van der Waals surface area (Å²) in [6, 6.07) is 13.3. The molecule has 0 unspecified atom stereocenters. The number of fused-ring (bicyclic) bond motifs is 1. The Labute approximate surface area is 253 Å². The Morgan fingerprint density at radius 2 is 1.86 bits per heavy atom. The van der Waals surface area contributed by atoms with Crippen LogP contribution in [0.15, 0.2) is 48.7 Å². The van der Waals surface area contributed by atoms with E-state index in [2.05, 4.69) is 43.8 Å². The van der Waals surface area contributed by atoms with Crippen molar-refractivity contribution < 1.29 is 27.4 Å². The first-order chi connectivity index (χ1) is 20.2. The first kappa shape index (κ1) is 33.0. The zero-order chi connectivity index (χ0) is 31.4. The highest BCUT2D eigenvalue weighted by Gasteiger charge is 2.40. The van der Waals surface area contributed by atoms with Gasteiger partial charge in [-0.3, -0.25) is 9.78 Å². The van der Waals surface area contributed by atoms with Crippen LogP contribution in [-0.2, 0) is 17.0 Å². The number of hydrogen-bond donors (Lipinski definition) is 1. The smallest absolute Gasteiger partial charge is 0.406 e. The lowest BCUT2D eigenvalue weighted by Gasteiger charge is -2.41. The third-order valence-electron chi connectivity index (χ3n) is 8.18. The van der Waals surface area contributed by atoms with Gasteiger partial charge in [-0.05, 0) is 81.5 Å². The van der Waals surface area contributed by atoms with Crippen LogP contribution in [0.2, 0.25) is 25.7 Å². The normalized spacial score (nSPS) is 18.2. The van der Waals surface area contributed by atoms with Gasteiger partial charge in [-0.1, -0.05) is 31.8 Å². The fraction of sp³-hybridized carbons (Fsp3) is 0.562. The number of benzene rings is 1. The molecule has 1 N–H and O–H groups in total. The van der Waals surface area contributed by atoms with Crippen molar-refractivity contribution >= 4 is 25.0 Å². The monoisotopic (exact) mass is 618 g/mol. The standard InChI is InChI=1S/C32H45F3N4O3Si/c1-31(2,23-12-14-26(41-3)15-13-23)37-24-9-7-10-25(19-24)38(21-32(33,34)35)30(40)29-20-27-28(11-8-16-36-27)39(29)22-42-17-18-43(4,5)6/h8,11-16,20,24-25,37H,7,9-10,17-19,21-22H2,1-6H3/t24-,25+/m1/s1. The lowest BCUT2D eigenvalue weighted by atomic mass is 9.86. The van der Waals surface area contributed by atoms with Crippen molar-refractivity contribution in [2.75, 3.05) is 20.3 Å². The maximum atomic E-state index is 14.1. The number of methoxy groups -OCH3 is 1. The van der Waals surface area contributed by atoms with Crippen molar-refractivity contribution in [1.29, 1.82) is 0 Å². The summed E-state index contributed by atoms with van der Waals surface area (Å²) in [4.78, 5) is 19.5. The number of hydrogen-bond acceptors (Lipinski definition) is 5. The van der Waals surface area contributed by atoms with E-state index in [1.807, 2.05) is 30.3 Å². The van der Waals surface area contributed by atoms with Crippen LogP contribution in [0, 0.1) is 0 Å². The molecule has 1 aliphatic rings. The molecule has 0 saturated heterocycles. The van der Waals surface area contributed by atoms with E-state index < -0.39 is 38.3 Å². The summed E-state index contributed by atoms with van der Waals surface area (Å²) in [6.45, 7) is 10.2. The molecule has 2 atom stereocenters. The lowest BCUT2D eigenvalue weighted by Crippen LogP contribution is -2.53. The van der Waals surface area contributed by atoms with Crippen molar-refractivity contribution in [3.8, 4) is 5.75 Å². The number of pyridine rings is 1. The summed E-state index contributed by atoms with van der Waals surface area (Å²) >= 11 is 0. The summed E-state index contributed by atoms with van der Waals surface area (Å²) in [6.07, 6.45) is -0.462. The Bertz CT molecular complexity index is 1370. The average Bonchev–Trinajstić information content (AvgIpc) is 3.31. The summed E-state index contributed by atoms with van der Waals surface area (Å²) in [5.74, 6) is 0.108. The van der Waals surface area contributed by atoms with Gasteiger partial charge in [0, 0.05) is 38.5 Å². The maximum absolute atomic E-state index is 14.1. The molecule has 0 bridgehead atoms. The van der Waals surface area contributed by atoms with Crippen LogP contribution in [0.3, 0.4) is 0 Å². The molecule has 0 aliphatic heterocycles. The summed E-state index contributed by atoms with van der Waals surface area (Å²) < 4.78 is 54.9. The molecular formula is C32H45F3N4O3Si. The minimum atomic E-state index is -4.54. The van der Waals surface area contributed by atoms with E-state index in [0.717, 1.165) is 28.7 Å². The molecule has 1 amide bonds. The van der Waals surface area contributed by atoms with E-state index in [0.29, 0.717) is 36.9 Å². The number of alkyl halides is 3. The molecule has 1 aliphatic carbocycles. The Hall–Kier alpha value is -2.89. The lowest BCUT2D eigenvalue weighted by molar-refractivity contribution is -0.146. The molecule has 0 radical (unpaired) electrons. The number of rotatable bonds is 12. The second-order valence-electron chi connectivity index (χ2n) is 13.3. The number of carbonyl (C=O) groups excluding carboxylic acids is 1. The van der Waals surface area contributed by atoms with Crippen molar-refractivity contribution in [2.45, 2.75) is 95.7 Å². The molecule has 1 aromatic carbocycles. The zero-order valence-corrected chi connectivity index (χ0v) is 27.1. The van der Waals surface area contributed by atoms with Gasteiger partial charge in [0.15, 0.2) is 0 Å². The van der Waals surface area contributed by atoms with Crippen molar-refractivity contribution in [2.24, 2.45) is 0 Å². The van der Waals surface area contributed by atoms with Gasteiger partial charge in [-0.2, -0.15) is 13.2 Å². The second kappa shape index (κ2) is 13.4. The Morgan fingerprint density at radius 1 is 1.14 bits per heavy atom. The van der Waals surface area contributed by atoms with E-state index in [9.17, 15) is 18.0 Å². The quantitative estimate of drug-likeness (QED) is 0.172. The molecule has 4 rings (SSSR count). The summed E-state index contributed by atoms with van der Waals surface area (Å²) in [5.41, 5.74) is 2.00. The molecule has 7 nitrogen and oxygen atoms in total. The van der Waals surface area contributed by atoms with Crippen molar-refractivity contribution in [3.63, 3.8) is 0 Å². The van der Waals surface area contributed by atoms with Crippen molar-refractivity contribution in [1.82, 2.24) is 19.8 Å². The topological polar surface area (TPSA) is 68.6 Å². The van der Waals surface area contributed by atoms with Gasteiger partial charge >= 0.3 is 6.18 Å². The van der Waals surface area contributed by atoms with Gasteiger partial charge < -0.3 is 24.3 Å². The molecule has 11 heteroatoms. The second-order valence-corrected chi connectivity index (χ2v) is 18.9. The van der Waals surface area contributed by atoms with Crippen LogP contribution in [0.4, 0.5) is 13.2 Å². The van der Waals surface area contributed by atoms with Crippen LogP contribution in [0.5, 0.6) is 5.75 Å². The highest BCUT2D eigenvalue weighted by molar-refractivity contribution is 6.76. The number of amides is 1. The highest BCUT2D eigenvalue weighted by atomic mass is 28.3. The summed E-state index contributed by atoms with van der Waals surface area (Å²) in [7, 11) is 0.273. The molecule has 43 heavy (non-hydrogen) atoms. The van der Waals surface area contributed by atoms with Crippen LogP contribution < -0.4 is 10.1 Å². The van der Waals surface area contributed by atoms with Gasteiger partial charge in [0.05, 0.1) is 18.1 Å². The van der Waals surface area contributed by atoms with Gasteiger partial charge in [0.25, 0.3) is 5.91 Å². The van der Waals surface area contributed by atoms with E-state index in [1.54, 1.807) is 30.0 Å². The van der Waals surface area contributed by atoms with Gasteiger partial charge in [-0.15, -0.1) is 0 Å².